The lowest BCUT2D eigenvalue weighted by Gasteiger charge is -2.22. The fourth-order valence-electron chi connectivity index (χ4n) is 3.64. The van der Waals surface area contributed by atoms with Crippen LogP contribution >= 0.6 is 0 Å². The molecule has 8 heteroatoms. The van der Waals surface area contributed by atoms with Gasteiger partial charge in [-0.2, -0.15) is 0 Å². The third-order valence-corrected chi connectivity index (χ3v) is 5.24. The van der Waals surface area contributed by atoms with E-state index in [-0.39, 0.29) is 28.8 Å². The van der Waals surface area contributed by atoms with Crippen LogP contribution in [-0.4, -0.2) is 24.9 Å². The zero-order valence-electron chi connectivity index (χ0n) is 17.6. The number of benzene rings is 2. The maximum Gasteiger partial charge on any atom is 0.278 e. The highest BCUT2D eigenvalue weighted by Crippen LogP contribution is 2.38. The number of pyridine rings is 1. The van der Waals surface area contributed by atoms with Crippen molar-refractivity contribution in [2.45, 2.75) is 13.2 Å². The number of hydrogen-bond donors (Lipinski definition) is 0. The number of carbonyl (C=O) groups is 1. The number of carbonyl (C=O) groups excluding carboxylic acids is 1. The Morgan fingerprint density at radius 3 is 2.53 bits per heavy atom. The average Bonchev–Trinajstić information content (AvgIpc) is 2.81. The number of aromatic nitrogens is 1. The molecule has 0 saturated carbocycles. The maximum atomic E-state index is 12.9. The normalized spacial score (nSPS) is 13.9. The topological polar surface area (TPSA) is 91.8 Å². The Balaban J connectivity index is 1.56. The minimum atomic E-state index is -0.386. The molecule has 0 bridgehead atoms. The molecule has 0 atom stereocenters. The van der Waals surface area contributed by atoms with E-state index in [4.69, 9.17) is 14.2 Å². The molecule has 1 aliphatic rings. The van der Waals surface area contributed by atoms with Crippen LogP contribution in [0, 0.1) is 10.1 Å². The summed E-state index contributed by atoms with van der Waals surface area (Å²) in [5.74, 6) is 1.04. The summed E-state index contributed by atoms with van der Waals surface area (Å²) in [4.78, 5) is 23.8. The summed E-state index contributed by atoms with van der Waals surface area (Å²) in [6, 6.07) is 13.7. The predicted molar refractivity (Wildman–Crippen MR) is 115 cm³/mol. The van der Waals surface area contributed by atoms with Gasteiger partial charge in [0, 0.05) is 29.3 Å². The quantitative estimate of drug-likeness (QED) is 0.255. The Hall–Kier alpha value is -4.20. The van der Waals surface area contributed by atoms with E-state index in [1.807, 2.05) is 16.7 Å². The number of allylic oxidation sites excluding steroid dienone is 1. The first-order chi connectivity index (χ1) is 15.5. The number of nitrogens with zero attached hydrogens (tertiary/aromatic N) is 2. The molecule has 8 nitrogen and oxygen atoms in total. The van der Waals surface area contributed by atoms with Crippen molar-refractivity contribution in [3.8, 4) is 11.5 Å². The summed E-state index contributed by atoms with van der Waals surface area (Å²) in [5, 5.41) is 11.2. The molecular formula is C24H21N2O6+. The van der Waals surface area contributed by atoms with E-state index < -0.39 is 0 Å². The number of Topliss-reactive ketones (excluding diaryl/α,β-unsaturated/α-hetero) is 1. The highest BCUT2D eigenvalue weighted by molar-refractivity contribution is 6.12. The van der Waals surface area contributed by atoms with Crippen molar-refractivity contribution in [3.63, 3.8) is 0 Å². The first kappa shape index (κ1) is 21.0. The molecule has 0 spiro atoms. The molecule has 32 heavy (non-hydrogen) atoms. The number of nitro groups is 1. The number of rotatable bonds is 6. The van der Waals surface area contributed by atoms with Crippen molar-refractivity contribution in [1.29, 1.82) is 0 Å². The summed E-state index contributed by atoms with van der Waals surface area (Å²) >= 11 is 0. The molecular weight excluding hydrogens is 412 g/mol. The number of methoxy groups -OCH3 is 2. The van der Waals surface area contributed by atoms with Crippen LogP contribution in [0.5, 0.6) is 11.5 Å². The van der Waals surface area contributed by atoms with Crippen molar-refractivity contribution in [1.82, 2.24) is 0 Å². The number of para-hydroxylation sites is 1. The molecule has 0 aliphatic carbocycles. The monoisotopic (exact) mass is 433 g/mol. The van der Waals surface area contributed by atoms with Crippen molar-refractivity contribution in [3.05, 3.63) is 99.1 Å². The second-order valence-electron chi connectivity index (χ2n) is 7.14. The highest BCUT2D eigenvalue weighted by Gasteiger charge is 2.28. The van der Waals surface area contributed by atoms with Gasteiger partial charge in [0.1, 0.15) is 6.61 Å². The van der Waals surface area contributed by atoms with Crippen molar-refractivity contribution in [2.75, 3.05) is 14.2 Å². The van der Waals surface area contributed by atoms with Crippen molar-refractivity contribution >= 4 is 17.5 Å². The van der Waals surface area contributed by atoms with Crippen molar-refractivity contribution < 1.29 is 28.5 Å². The summed E-state index contributed by atoms with van der Waals surface area (Å²) in [7, 11) is 3.07. The van der Waals surface area contributed by atoms with Crippen LogP contribution in [0.3, 0.4) is 0 Å². The van der Waals surface area contributed by atoms with Crippen LogP contribution in [0.1, 0.15) is 27.0 Å². The van der Waals surface area contributed by atoms with Gasteiger partial charge in [-0.1, -0.05) is 12.1 Å². The Morgan fingerprint density at radius 1 is 1.09 bits per heavy atom. The van der Waals surface area contributed by atoms with Gasteiger partial charge in [0.05, 0.1) is 24.7 Å². The number of ketones is 1. The van der Waals surface area contributed by atoms with E-state index in [0.717, 1.165) is 5.56 Å². The molecule has 162 valence electrons. The second-order valence-corrected chi connectivity index (χ2v) is 7.14. The lowest BCUT2D eigenvalue weighted by atomic mass is 9.98. The third kappa shape index (κ3) is 4.02. The number of fused-ring (bicyclic) bond motifs is 1. The van der Waals surface area contributed by atoms with Gasteiger partial charge in [0.2, 0.25) is 5.78 Å². The Bertz CT molecular complexity index is 1220. The number of hydrogen-bond acceptors (Lipinski definition) is 6. The summed E-state index contributed by atoms with van der Waals surface area (Å²) in [5.41, 5.74) is 2.64. The van der Waals surface area contributed by atoms with Crippen molar-refractivity contribution in [2.24, 2.45) is 0 Å². The molecule has 1 aromatic heterocycles. The van der Waals surface area contributed by atoms with Gasteiger partial charge in [0.15, 0.2) is 36.2 Å². The smallest absolute Gasteiger partial charge is 0.278 e. The molecule has 0 saturated heterocycles. The van der Waals surface area contributed by atoms with Gasteiger partial charge >= 0.3 is 0 Å². The van der Waals surface area contributed by atoms with E-state index in [2.05, 4.69) is 0 Å². The van der Waals surface area contributed by atoms with Gasteiger partial charge in [-0.15, -0.1) is 0 Å². The number of nitro benzene ring substituents is 1. The Morgan fingerprint density at radius 2 is 1.84 bits per heavy atom. The molecule has 0 radical (unpaired) electrons. The van der Waals surface area contributed by atoms with E-state index in [1.54, 1.807) is 55.9 Å². The van der Waals surface area contributed by atoms with Crippen LogP contribution < -0.4 is 14.0 Å². The van der Waals surface area contributed by atoms with E-state index >= 15 is 0 Å². The first-order valence-electron chi connectivity index (χ1n) is 9.86. The average molecular weight is 433 g/mol. The zero-order valence-corrected chi connectivity index (χ0v) is 17.6. The zero-order chi connectivity index (χ0) is 22.7. The summed E-state index contributed by atoms with van der Waals surface area (Å²) in [6.07, 6.45) is 5.29. The van der Waals surface area contributed by atoms with Crippen LogP contribution in [-0.2, 0) is 17.9 Å². The van der Waals surface area contributed by atoms with Gasteiger partial charge in [0.25, 0.3) is 5.69 Å². The standard InChI is InChI=1S/C24H21N2O6/c1-30-21-8-7-18-19(24(21)31-2)15-32-22(23(18)27)13-16-9-11-25(12-10-16)14-17-5-3-4-6-20(17)26(28)29/h3-13H,14-15H2,1-2H3/q+1/b22-13-. The van der Waals surface area contributed by atoms with Gasteiger partial charge in [-0.05, 0) is 29.8 Å². The molecule has 3 aromatic rings. The number of ether oxygens (including phenoxy) is 3. The van der Waals surface area contributed by atoms with Crippen LogP contribution in [0.4, 0.5) is 5.69 Å². The third-order valence-electron chi connectivity index (χ3n) is 5.24. The minimum Gasteiger partial charge on any atom is -0.493 e. The first-order valence-corrected chi connectivity index (χ1v) is 9.86. The summed E-state index contributed by atoms with van der Waals surface area (Å²) in [6.45, 7) is 0.552. The fraction of sp³-hybridized carbons (Fsp3) is 0.167. The Kier molecular flexibility index (Phi) is 5.85. The minimum absolute atomic E-state index is 0.0816. The fourth-order valence-corrected chi connectivity index (χ4v) is 3.64. The largest absolute Gasteiger partial charge is 0.493 e. The maximum absolute atomic E-state index is 12.9. The molecule has 4 rings (SSSR count). The van der Waals surface area contributed by atoms with Gasteiger partial charge < -0.3 is 14.2 Å². The van der Waals surface area contributed by atoms with Crippen LogP contribution in [0.15, 0.2) is 66.7 Å². The predicted octanol–water partition coefficient (Wildman–Crippen LogP) is 3.70. The molecule has 2 heterocycles. The lowest BCUT2D eigenvalue weighted by Crippen LogP contribution is -2.33. The van der Waals surface area contributed by atoms with E-state index in [0.29, 0.717) is 34.7 Å². The highest BCUT2D eigenvalue weighted by atomic mass is 16.6. The van der Waals surface area contributed by atoms with Gasteiger partial charge in [-0.25, -0.2) is 4.57 Å². The van der Waals surface area contributed by atoms with Gasteiger partial charge in [-0.3, -0.25) is 14.9 Å². The molecule has 0 fully saturated rings. The SMILES string of the molecule is COc1ccc2c(c1OC)CO/C(=C\c1cc[n+](Cc3ccccc3[N+](=O)[O-])cc1)C2=O. The van der Waals surface area contributed by atoms with Crippen LogP contribution in [0.2, 0.25) is 0 Å². The molecule has 0 amide bonds. The van der Waals surface area contributed by atoms with E-state index in [9.17, 15) is 14.9 Å². The second kappa shape index (κ2) is 8.89. The summed E-state index contributed by atoms with van der Waals surface area (Å²) < 4.78 is 18.2. The molecule has 1 aliphatic heterocycles. The Labute approximate surface area is 184 Å². The lowest BCUT2D eigenvalue weighted by molar-refractivity contribution is -0.688. The van der Waals surface area contributed by atoms with Crippen LogP contribution in [0.25, 0.3) is 6.08 Å². The molecule has 2 aromatic carbocycles. The van der Waals surface area contributed by atoms with E-state index in [1.165, 1.54) is 13.2 Å². The molecule has 0 unspecified atom stereocenters. The molecule has 0 N–H and O–H groups in total.